The molecule has 6 N–H and O–H groups in total. The molecule has 0 bridgehead atoms. The number of hydrogen-bond donors (Lipinski definition) is 4. The predicted octanol–water partition coefficient (Wildman–Crippen LogP) is 6.28. The molecule has 0 radical (unpaired) electrons. The fourth-order valence-corrected chi connectivity index (χ4v) is 5.22. The Morgan fingerprint density at radius 3 is 1.52 bits per heavy atom. The number of rotatable bonds is 8. The van der Waals surface area contributed by atoms with Gasteiger partial charge in [-0.25, -0.2) is 20.8 Å². The number of nitrogen functional groups attached to an aromatic ring is 2. The van der Waals surface area contributed by atoms with Crippen molar-refractivity contribution < 1.29 is 9.59 Å². The first kappa shape index (κ1) is 37.0. The van der Waals surface area contributed by atoms with Crippen molar-refractivity contribution in [3.05, 3.63) is 132 Å². The summed E-state index contributed by atoms with van der Waals surface area (Å²) in [5.41, 5.74) is 24.5. The van der Waals surface area contributed by atoms with Crippen molar-refractivity contribution in [1.29, 1.82) is 0 Å². The largest absolute Gasteiger partial charge is 0.384 e. The molecule has 2 amide bonds. The molecular formula is C40H46N10O2. The second-order valence-electron chi connectivity index (χ2n) is 14.5. The predicted molar refractivity (Wildman–Crippen MR) is 206 cm³/mol. The molecule has 4 aromatic heterocycles. The maximum absolute atomic E-state index is 12.4. The minimum absolute atomic E-state index is 0.0528. The average Bonchev–Trinajstić information content (AvgIpc) is 3.77. The maximum atomic E-state index is 12.4. The first-order valence-corrected chi connectivity index (χ1v) is 17.0. The van der Waals surface area contributed by atoms with E-state index in [0.717, 1.165) is 44.8 Å². The number of carbonyl (C=O) groups excluding carboxylic acids is 2. The van der Waals surface area contributed by atoms with Crippen molar-refractivity contribution in [2.24, 2.45) is 0 Å². The van der Waals surface area contributed by atoms with E-state index in [2.05, 4.69) is 72.6 Å². The van der Waals surface area contributed by atoms with Crippen LogP contribution in [0, 0.1) is 0 Å². The molecule has 268 valence electrons. The molecule has 12 heteroatoms. The summed E-state index contributed by atoms with van der Waals surface area (Å²) in [6.07, 6.45) is 7.49. The minimum atomic E-state index is -0.115. The van der Waals surface area contributed by atoms with E-state index in [1.807, 2.05) is 72.8 Å². The maximum Gasteiger partial charge on any atom is 0.244 e. The second kappa shape index (κ2) is 15.7. The third-order valence-electron chi connectivity index (χ3n) is 8.12. The Morgan fingerprint density at radius 1 is 0.615 bits per heavy atom. The van der Waals surface area contributed by atoms with Gasteiger partial charge >= 0.3 is 0 Å². The van der Waals surface area contributed by atoms with E-state index in [1.54, 1.807) is 41.7 Å². The fourth-order valence-electron chi connectivity index (χ4n) is 5.22. The van der Waals surface area contributed by atoms with Crippen LogP contribution in [0.3, 0.4) is 0 Å². The summed E-state index contributed by atoms with van der Waals surface area (Å²) in [4.78, 5) is 35.8. The molecule has 0 saturated heterocycles. The molecule has 0 aliphatic carbocycles. The highest BCUT2D eigenvalue weighted by Crippen LogP contribution is 2.23. The molecular weight excluding hydrogens is 653 g/mol. The topological polar surface area (TPSA) is 172 Å². The Balaban J connectivity index is 0.000000201. The van der Waals surface area contributed by atoms with Crippen LogP contribution in [0.4, 0.5) is 11.6 Å². The summed E-state index contributed by atoms with van der Waals surface area (Å²) in [7, 11) is 0. The lowest BCUT2D eigenvalue weighted by Gasteiger charge is -2.20. The Kier molecular flexibility index (Phi) is 11.2. The van der Waals surface area contributed by atoms with Crippen molar-refractivity contribution in [2.75, 3.05) is 22.3 Å². The fraction of sp³-hybridized carbons (Fsp3) is 0.250. The van der Waals surface area contributed by atoms with Gasteiger partial charge in [0.1, 0.15) is 11.6 Å². The quantitative estimate of drug-likeness (QED) is 0.144. The van der Waals surface area contributed by atoms with Gasteiger partial charge in [-0.15, -0.1) is 0 Å². The SMILES string of the molecule is CC(C)(C)c1ccn(NC(=O)Cc2ccc(-c3ccc(N)nc3)cc2)n1.CC(C)(C)c1ccnn1NC(=O)Cc1ccc(-c2ccc(N)nc2)cc1. The van der Waals surface area contributed by atoms with Crippen molar-refractivity contribution >= 4 is 23.5 Å². The normalized spacial score (nSPS) is 11.3. The molecule has 2 aromatic carbocycles. The van der Waals surface area contributed by atoms with E-state index in [9.17, 15) is 9.59 Å². The zero-order chi connectivity index (χ0) is 37.5. The van der Waals surface area contributed by atoms with Crippen LogP contribution < -0.4 is 22.3 Å². The first-order valence-electron chi connectivity index (χ1n) is 17.0. The molecule has 52 heavy (non-hydrogen) atoms. The van der Waals surface area contributed by atoms with Crippen molar-refractivity contribution in [3.8, 4) is 22.3 Å². The molecule has 0 aliphatic heterocycles. The zero-order valence-electron chi connectivity index (χ0n) is 30.5. The van der Waals surface area contributed by atoms with Crippen molar-refractivity contribution in [1.82, 2.24) is 29.7 Å². The lowest BCUT2D eigenvalue weighted by Crippen LogP contribution is -2.30. The zero-order valence-corrected chi connectivity index (χ0v) is 30.5. The van der Waals surface area contributed by atoms with Crippen LogP contribution in [0.1, 0.15) is 64.1 Å². The van der Waals surface area contributed by atoms with Gasteiger partial charge in [0.05, 0.1) is 30.4 Å². The number of hydrogen-bond acceptors (Lipinski definition) is 8. The van der Waals surface area contributed by atoms with E-state index >= 15 is 0 Å². The van der Waals surface area contributed by atoms with Gasteiger partial charge in [-0.2, -0.15) is 19.8 Å². The summed E-state index contributed by atoms with van der Waals surface area (Å²) in [6.45, 7) is 12.5. The molecule has 0 spiro atoms. The summed E-state index contributed by atoms with van der Waals surface area (Å²) in [5, 5.41) is 8.58. The van der Waals surface area contributed by atoms with Crippen LogP contribution in [0.5, 0.6) is 0 Å². The summed E-state index contributed by atoms with van der Waals surface area (Å²) >= 11 is 0. The van der Waals surface area contributed by atoms with Crippen LogP contribution >= 0.6 is 0 Å². The van der Waals surface area contributed by atoms with Gasteiger partial charge in [0.25, 0.3) is 0 Å². The van der Waals surface area contributed by atoms with Gasteiger partial charge in [0.2, 0.25) is 11.8 Å². The standard InChI is InChI=1S/2C20H23N5O/c1-20(2,3)17-10-11-25(23-17)24-19(26)12-14-4-6-15(7-5-14)16-8-9-18(21)22-13-16;1-20(2,3)17-10-11-23-25(17)24-19(26)12-14-4-6-15(7-5-14)16-8-9-18(21)22-13-16/h2*4-11,13H,12H2,1-3H3,(H2,21,22)(H,24,26). The first-order chi connectivity index (χ1) is 24.6. The molecule has 0 aliphatic rings. The Bertz CT molecular complexity index is 2080. The molecule has 12 nitrogen and oxygen atoms in total. The van der Waals surface area contributed by atoms with Crippen LogP contribution in [-0.2, 0) is 33.3 Å². The molecule has 6 rings (SSSR count). The number of nitrogens with zero attached hydrogens (tertiary/aromatic N) is 6. The number of carbonyl (C=O) groups is 2. The van der Waals surface area contributed by atoms with Gasteiger partial charge in [0.15, 0.2) is 0 Å². The van der Waals surface area contributed by atoms with Gasteiger partial charge in [0, 0.05) is 40.5 Å². The highest BCUT2D eigenvalue weighted by atomic mass is 16.2. The van der Waals surface area contributed by atoms with Crippen LogP contribution in [0.2, 0.25) is 0 Å². The van der Waals surface area contributed by atoms with Gasteiger partial charge < -0.3 is 11.5 Å². The molecule has 0 fully saturated rings. The van der Waals surface area contributed by atoms with Gasteiger partial charge in [-0.3, -0.25) is 9.59 Å². The number of pyridine rings is 2. The smallest absolute Gasteiger partial charge is 0.244 e. The Hall–Kier alpha value is -6.30. The highest BCUT2D eigenvalue weighted by Gasteiger charge is 2.20. The van der Waals surface area contributed by atoms with Crippen LogP contribution in [0.25, 0.3) is 22.3 Å². The second-order valence-corrected chi connectivity index (χ2v) is 14.5. The van der Waals surface area contributed by atoms with Gasteiger partial charge in [-0.05, 0) is 58.7 Å². The van der Waals surface area contributed by atoms with Crippen molar-refractivity contribution in [3.63, 3.8) is 0 Å². The number of anilines is 2. The van der Waals surface area contributed by atoms with E-state index in [4.69, 9.17) is 11.5 Å². The highest BCUT2D eigenvalue weighted by molar-refractivity contribution is 5.86. The number of benzene rings is 2. The average molecular weight is 699 g/mol. The van der Waals surface area contributed by atoms with Crippen LogP contribution in [0.15, 0.2) is 110 Å². The van der Waals surface area contributed by atoms with E-state index < -0.39 is 0 Å². The third kappa shape index (κ3) is 10.1. The number of nitrogens with two attached hydrogens (primary N) is 2. The van der Waals surface area contributed by atoms with E-state index in [0.29, 0.717) is 11.6 Å². The molecule has 0 saturated carbocycles. The third-order valence-corrected chi connectivity index (χ3v) is 8.12. The number of aromatic nitrogens is 6. The number of amides is 2. The van der Waals surface area contributed by atoms with Crippen LogP contribution in [-0.4, -0.2) is 41.6 Å². The molecule has 0 atom stereocenters. The molecule has 6 aromatic rings. The van der Waals surface area contributed by atoms with E-state index in [1.165, 1.54) is 4.79 Å². The van der Waals surface area contributed by atoms with E-state index in [-0.39, 0.29) is 35.5 Å². The molecule has 4 heterocycles. The Labute approximate surface area is 304 Å². The summed E-state index contributed by atoms with van der Waals surface area (Å²) in [5.74, 6) is 0.766. The number of nitrogens with one attached hydrogen (secondary N) is 2. The molecule has 0 unspecified atom stereocenters. The lowest BCUT2D eigenvalue weighted by molar-refractivity contribution is -0.117. The monoisotopic (exact) mass is 698 g/mol. The minimum Gasteiger partial charge on any atom is -0.384 e. The summed E-state index contributed by atoms with van der Waals surface area (Å²) < 4.78 is 0. The summed E-state index contributed by atoms with van der Waals surface area (Å²) in [6, 6.07) is 26.9. The van der Waals surface area contributed by atoms with Crippen molar-refractivity contribution in [2.45, 2.75) is 65.2 Å². The van der Waals surface area contributed by atoms with Gasteiger partial charge in [-0.1, -0.05) is 90.1 Å². The Morgan fingerprint density at radius 2 is 1.10 bits per heavy atom. The lowest BCUT2D eigenvalue weighted by atomic mass is 9.92.